The summed E-state index contributed by atoms with van der Waals surface area (Å²) in [4.78, 5) is 12.6. The molecule has 0 radical (unpaired) electrons. The summed E-state index contributed by atoms with van der Waals surface area (Å²) in [6.45, 7) is 4.84. The molecule has 1 aromatic rings. The molecule has 0 saturated heterocycles. The van der Waals surface area contributed by atoms with E-state index < -0.39 is 15.4 Å². The Hall–Kier alpha value is -1.21. The minimum Gasteiger partial charge on any atom is -0.361 e. The highest BCUT2D eigenvalue weighted by Crippen LogP contribution is 2.64. The van der Waals surface area contributed by atoms with E-state index in [0.29, 0.717) is 38.3 Å². The highest BCUT2D eigenvalue weighted by Gasteiger charge is 2.65. The number of hydrogen-bond acceptors (Lipinski definition) is 5. The van der Waals surface area contributed by atoms with Crippen LogP contribution >= 0.6 is 0 Å². The first-order valence-corrected chi connectivity index (χ1v) is 9.81. The molecule has 6 nitrogen and oxygen atoms in total. The van der Waals surface area contributed by atoms with Gasteiger partial charge in [0.1, 0.15) is 11.5 Å². The highest BCUT2D eigenvalue weighted by molar-refractivity contribution is 7.89. The summed E-state index contributed by atoms with van der Waals surface area (Å²) in [7, 11) is -3.49. The van der Waals surface area contributed by atoms with Gasteiger partial charge in [-0.25, -0.2) is 8.42 Å². The molecular formula is C16H22N2O4S. The van der Waals surface area contributed by atoms with Gasteiger partial charge in [0.2, 0.25) is 10.0 Å². The highest BCUT2D eigenvalue weighted by atomic mass is 32.2. The summed E-state index contributed by atoms with van der Waals surface area (Å²) >= 11 is 0. The average Bonchev–Trinajstić information content (AvgIpc) is 3.08. The van der Waals surface area contributed by atoms with Crippen molar-refractivity contribution in [1.29, 1.82) is 0 Å². The summed E-state index contributed by atoms with van der Waals surface area (Å²) in [5.74, 6) is 1.19. The van der Waals surface area contributed by atoms with E-state index in [1.165, 1.54) is 4.31 Å². The maximum atomic E-state index is 13.0. The summed E-state index contributed by atoms with van der Waals surface area (Å²) < 4.78 is 32.6. The van der Waals surface area contributed by atoms with Crippen LogP contribution in [0.2, 0.25) is 0 Å². The summed E-state index contributed by atoms with van der Waals surface area (Å²) in [5, 5.41) is 3.74. The largest absolute Gasteiger partial charge is 0.361 e. The Balaban J connectivity index is 1.62. The zero-order valence-electron chi connectivity index (χ0n) is 13.5. The Kier molecular flexibility index (Phi) is 3.11. The molecule has 2 heterocycles. The van der Waals surface area contributed by atoms with Crippen molar-refractivity contribution in [2.75, 3.05) is 12.3 Å². The molecule has 1 aliphatic heterocycles. The molecule has 0 N–H and O–H groups in total. The number of Topliss-reactive ketones (excluding diaryl/α,β-unsaturated/α-hetero) is 1. The van der Waals surface area contributed by atoms with Crippen molar-refractivity contribution in [3.8, 4) is 0 Å². The molecule has 2 saturated carbocycles. The fourth-order valence-corrected chi connectivity index (χ4v) is 7.05. The van der Waals surface area contributed by atoms with Crippen LogP contribution < -0.4 is 0 Å². The van der Waals surface area contributed by atoms with E-state index in [1.54, 1.807) is 6.20 Å². The molecule has 0 amide bonds. The lowest BCUT2D eigenvalue weighted by Gasteiger charge is -2.38. The minimum absolute atomic E-state index is 0.0526. The number of fused-ring (bicyclic) bond motifs is 3. The molecule has 2 atom stereocenters. The van der Waals surface area contributed by atoms with Gasteiger partial charge in [0, 0.05) is 36.9 Å². The van der Waals surface area contributed by atoms with E-state index in [-0.39, 0.29) is 17.0 Å². The van der Waals surface area contributed by atoms with Gasteiger partial charge in [-0.2, -0.15) is 4.31 Å². The molecule has 2 aliphatic carbocycles. The standard InChI is InChI=1S/C16H22N2O4S/c1-15(2)12-3-5-16(15,14(19)7-12)10-23(20,21)18-6-4-13-11(9-18)8-17-22-13/h8,12H,3-7,9-10H2,1-2H3. The smallest absolute Gasteiger partial charge is 0.215 e. The number of carbonyl (C=O) groups excluding carboxylic acids is 1. The van der Waals surface area contributed by atoms with Crippen molar-refractivity contribution in [1.82, 2.24) is 9.46 Å². The molecular weight excluding hydrogens is 316 g/mol. The summed E-state index contributed by atoms with van der Waals surface area (Å²) in [5.41, 5.74) is -0.0978. The number of rotatable bonds is 3. The lowest BCUT2D eigenvalue weighted by molar-refractivity contribution is -0.128. The molecule has 0 spiro atoms. The average molecular weight is 338 g/mol. The third-order valence-corrected chi connectivity index (χ3v) is 8.58. The molecule has 2 fully saturated rings. The first kappa shape index (κ1) is 15.3. The monoisotopic (exact) mass is 338 g/mol. The van der Waals surface area contributed by atoms with Gasteiger partial charge in [-0.15, -0.1) is 0 Å². The van der Waals surface area contributed by atoms with Crippen molar-refractivity contribution < 1.29 is 17.7 Å². The van der Waals surface area contributed by atoms with Gasteiger partial charge < -0.3 is 4.52 Å². The van der Waals surface area contributed by atoms with Gasteiger partial charge in [0.25, 0.3) is 0 Å². The van der Waals surface area contributed by atoms with Crippen LogP contribution in [0.5, 0.6) is 0 Å². The van der Waals surface area contributed by atoms with Gasteiger partial charge in [-0.3, -0.25) is 4.79 Å². The van der Waals surface area contributed by atoms with Crippen molar-refractivity contribution in [3.05, 3.63) is 17.5 Å². The normalized spacial score (nSPS) is 33.1. The SMILES string of the molecule is CC1(C)C2CCC1(CS(=O)(=O)N1CCc3oncc3C1)C(=O)C2. The molecule has 126 valence electrons. The lowest BCUT2D eigenvalue weighted by Crippen LogP contribution is -2.47. The fraction of sp³-hybridized carbons (Fsp3) is 0.750. The second kappa shape index (κ2) is 4.66. The van der Waals surface area contributed by atoms with Crippen molar-refractivity contribution in [2.24, 2.45) is 16.7 Å². The van der Waals surface area contributed by atoms with Crippen LogP contribution in [0.1, 0.15) is 44.4 Å². The Bertz CT molecular complexity index is 767. The van der Waals surface area contributed by atoms with E-state index in [4.69, 9.17) is 4.52 Å². The Labute approximate surface area is 136 Å². The molecule has 4 rings (SSSR count). The number of carbonyl (C=O) groups is 1. The van der Waals surface area contributed by atoms with Gasteiger partial charge in [-0.1, -0.05) is 19.0 Å². The molecule has 2 unspecified atom stereocenters. The van der Waals surface area contributed by atoms with Gasteiger partial charge in [0.15, 0.2) is 0 Å². The predicted molar refractivity (Wildman–Crippen MR) is 83.0 cm³/mol. The summed E-state index contributed by atoms with van der Waals surface area (Å²) in [6.07, 6.45) is 4.34. The van der Waals surface area contributed by atoms with Crippen LogP contribution in [-0.2, 0) is 27.8 Å². The second-order valence-electron chi connectivity index (χ2n) is 7.78. The minimum atomic E-state index is -3.49. The van der Waals surface area contributed by atoms with Crippen LogP contribution in [0.4, 0.5) is 0 Å². The second-order valence-corrected chi connectivity index (χ2v) is 9.75. The summed E-state index contributed by atoms with van der Waals surface area (Å²) in [6, 6.07) is 0. The number of nitrogens with zero attached hydrogens (tertiary/aromatic N) is 2. The molecule has 2 bridgehead atoms. The molecule has 3 aliphatic rings. The first-order valence-electron chi connectivity index (χ1n) is 8.20. The quantitative estimate of drug-likeness (QED) is 0.839. The maximum Gasteiger partial charge on any atom is 0.215 e. The number of hydrogen-bond donors (Lipinski definition) is 0. The van der Waals surface area contributed by atoms with Crippen LogP contribution in [-0.4, -0.2) is 36.0 Å². The lowest BCUT2D eigenvalue weighted by atomic mass is 9.70. The Morgan fingerprint density at radius 3 is 2.87 bits per heavy atom. The molecule has 23 heavy (non-hydrogen) atoms. The van der Waals surface area contributed by atoms with Crippen LogP contribution in [0, 0.1) is 16.7 Å². The Morgan fingerprint density at radius 1 is 1.43 bits per heavy atom. The third kappa shape index (κ3) is 1.99. The topological polar surface area (TPSA) is 80.5 Å². The fourth-order valence-electron chi connectivity index (χ4n) is 4.86. The zero-order chi connectivity index (χ0) is 16.5. The van der Waals surface area contributed by atoms with Gasteiger partial charge in [-0.05, 0) is 24.2 Å². The van der Waals surface area contributed by atoms with Crippen LogP contribution in [0.15, 0.2) is 10.7 Å². The third-order valence-electron chi connectivity index (χ3n) is 6.63. The van der Waals surface area contributed by atoms with E-state index >= 15 is 0 Å². The predicted octanol–water partition coefficient (Wildman–Crippen LogP) is 1.76. The zero-order valence-corrected chi connectivity index (χ0v) is 14.4. The van der Waals surface area contributed by atoms with E-state index in [1.807, 2.05) is 0 Å². The molecule has 0 aromatic carbocycles. The van der Waals surface area contributed by atoms with E-state index in [0.717, 1.165) is 17.7 Å². The van der Waals surface area contributed by atoms with Gasteiger partial charge in [0.05, 0.1) is 11.9 Å². The van der Waals surface area contributed by atoms with Gasteiger partial charge >= 0.3 is 0 Å². The number of sulfonamides is 1. The van der Waals surface area contributed by atoms with Crippen molar-refractivity contribution in [2.45, 2.75) is 46.1 Å². The van der Waals surface area contributed by atoms with E-state index in [9.17, 15) is 13.2 Å². The van der Waals surface area contributed by atoms with Crippen LogP contribution in [0.3, 0.4) is 0 Å². The Morgan fingerprint density at radius 2 is 2.22 bits per heavy atom. The maximum absolute atomic E-state index is 13.0. The number of aromatic nitrogens is 1. The molecule has 1 aromatic heterocycles. The van der Waals surface area contributed by atoms with E-state index in [2.05, 4.69) is 19.0 Å². The van der Waals surface area contributed by atoms with Crippen molar-refractivity contribution >= 4 is 15.8 Å². The number of ketones is 1. The molecule has 7 heteroatoms. The van der Waals surface area contributed by atoms with Crippen molar-refractivity contribution in [3.63, 3.8) is 0 Å². The van der Waals surface area contributed by atoms with Crippen LogP contribution in [0.25, 0.3) is 0 Å². The first-order chi connectivity index (χ1) is 10.8.